The van der Waals surface area contributed by atoms with Gasteiger partial charge in [-0.15, -0.1) is 11.6 Å². The lowest BCUT2D eigenvalue weighted by Gasteiger charge is -2.27. The van der Waals surface area contributed by atoms with E-state index in [2.05, 4.69) is 26.0 Å². The van der Waals surface area contributed by atoms with E-state index in [1.807, 2.05) is 32.1 Å². The van der Waals surface area contributed by atoms with Crippen molar-refractivity contribution < 1.29 is 9.53 Å². The Morgan fingerprint density at radius 1 is 1.32 bits per heavy atom. The number of anilines is 1. The molecule has 0 spiro atoms. The Balaban J connectivity index is 3.14. The minimum absolute atomic E-state index is 0.0468. The van der Waals surface area contributed by atoms with Crippen molar-refractivity contribution in [1.29, 1.82) is 0 Å². The van der Waals surface area contributed by atoms with Crippen molar-refractivity contribution in [3.8, 4) is 0 Å². The second-order valence-electron chi connectivity index (χ2n) is 5.11. The van der Waals surface area contributed by atoms with Gasteiger partial charge in [0.15, 0.2) is 0 Å². The second kappa shape index (κ2) is 9.65. The molecule has 1 unspecified atom stereocenters. The van der Waals surface area contributed by atoms with Gasteiger partial charge < -0.3 is 4.74 Å². The first-order valence-corrected chi connectivity index (χ1v) is 8.33. The van der Waals surface area contributed by atoms with Crippen molar-refractivity contribution in [2.24, 2.45) is 0 Å². The van der Waals surface area contributed by atoms with Gasteiger partial charge in [-0.1, -0.05) is 44.2 Å². The highest BCUT2D eigenvalue weighted by molar-refractivity contribution is 6.29. The zero-order valence-corrected chi connectivity index (χ0v) is 14.7. The van der Waals surface area contributed by atoms with E-state index in [0.717, 1.165) is 29.7 Å². The largest absolute Gasteiger partial charge is 0.354 e. The smallest absolute Gasteiger partial charge is 0.243 e. The van der Waals surface area contributed by atoms with Crippen LogP contribution in [0.25, 0.3) is 0 Å². The number of ether oxygens (including phenoxy) is 1. The third-order valence-electron chi connectivity index (χ3n) is 3.58. The summed E-state index contributed by atoms with van der Waals surface area (Å²) in [7, 11) is 0. The maximum Gasteiger partial charge on any atom is 0.243 e. The number of amides is 1. The van der Waals surface area contributed by atoms with Crippen molar-refractivity contribution in [2.75, 3.05) is 17.5 Å². The van der Waals surface area contributed by atoms with Gasteiger partial charge in [0.25, 0.3) is 0 Å². The normalized spacial score (nSPS) is 12.6. The molecule has 0 aliphatic heterocycles. The van der Waals surface area contributed by atoms with Gasteiger partial charge in [-0.3, -0.25) is 9.69 Å². The average Bonchev–Trinajstić information content (AvgIpc) is 2.54. The summed E-state index contributed by atoms with van der Waals surface area (Å²) in [6.07, 6.45) is 5.57. The van der Waals surface area contributed by atoms with Gasteiger partial charge in [-0.2, -0.15) is 0 Å². The molecular formula is C18H26ClNO2. The Hall–Kier alpha value is -1.32. The van der Waals surface area contributed by atoms with Crippen LogP contribution in [0.2, 0.25) is 0 Å². The molecule has 1 rings (SSSR count). The predicted octanol–water partition coefficient (Wildman–Crippen LogP) is 4.32. The van der Waals surface area contributed by atoms with E-state index in [1.54, 1.807) is 4.90 Å². The van der Waals surface area contributed by atoms with Crippen LogP contribution in [-0.2, 0) is 22.4 Å². The lowest BCUT2D eigenvalue weighted by molar-refractivity contribution is -0.117. The molecule has 0 aliphatic rings. The van der Waals surface area contributed by atoms with Crippen molar-refractivity contribution >= 4 is 23.2 Å². The molecule has 0 radical (unpaired) electrons. The predicted molar refractivity (Wildman–Crippen MR) is 93.6 cm³/mol. The molecule has 4 heteroatoms. The molecule has 1 aromatic rings. The van der Waals surface area contributed by atoms with Crippen LogP contribution in [0, 0.1) is 0 Å². The van der Waals surface area contributed by atoms with Gasteiger partial charge in [-0.05, 0) is 37.8 Å². The van der Waals surface area contributed by atoms with E-state index in [4.69, 9.17) is 16.3 Å². The maximum atomic E-state index is 12.3. The highest BCUT2D eigenvalue weighted by Crippen LogP contribution is 2.27. The fourth-order valence-electron chi connectivity index (χ4n) is 2.41. The molecule has 3 nitrogen and oxygen atoms in total. The monoisotopic (exact) mass is 323 g/mol. The molecule has 0 saturated carbocycles. The van der Waals surface area contributed by atoms with E-state index in [0.29, 0.717) is 0 Å². The zero-order chi connectivity index (χ0) is 16.5. The number of alkyl halides is 1. The number of halogens is 1. The van der Waals surface area contributed by atoms with Crippen molar-refractivity contribution in [1.82, 2.24) is 0 Å². The summed E-state index contributed by atoms with van der Waals surface area (Å²) < 4.78 is 5.78. The van der Waals surface area contributed by atoms with Crippen LogP contribution in [-0.4, -0.2) is 24.6 Å². The minimum Gasteiger partial charge on any atom is -0.354 e. The van der Waals surface area contributed by atoms with Crippen LogP contribution < -0.4 is 4.90 Å². The number of nitrogens with zero attached hydrogens (tertiary/aromatic N) is 1. The maximum absolute atomic E-state index is 12.3. The summed E-state index contributed by atoms with van der Waals surface area (Å²) in [4.78, 5) is 14.0. The molecule has 122 valence electrons. The molecule has 1 amide bonds. The third kappa shape index (κ3) is 4.85. The fourth-order valence-corrected chi connectivity index (χ4v) is 2.56. The topological polar surface area (TPSA) is 29.5 Å². The van der Waals surface area contributed by atoms with E-state index in [9.17, 15) is 4.79 Å². The lowest BCUT2D eigenvalue weighted by Crippen LogP contribution is -2.36. The first-order chi connectivity index (χ1) is 10.6. The molecule has 0 heterocycles. The van der Waals surface area contributed by atoms with Crippen molar-refractivity contribution in [3.63, 3.8) is 0 Å². The van der Waals surface area contributed by atoms with E-state index >= 15 is 0 Å². The number of para-hydroxylation sites is 1. The van der Waals surface area contributed by atoms with E-state index in [-0.39, 0.29) is 24.6 Å². The summed E-state index contributed by atoms with van der Waals surface area (Å²) in [5.74, 6) is -0.187. The fraction of sp³-hybridized carbons (Fsp3) is 0.500. The van der Waals surface area contributed by atoms with E-state index in [1.165, 1.54) is 0 Å². The Morgan fingerprint density at radius 3 is 2.36 bits per heavy atom. The minimum atomic E-state index is -0.134. The average molecular weight is 324 g/mol. The van der Waals surface area contributed by atoms with Gasteiger partial charge in [0.05, 0.1) is 11.8 Å². The molecule has 0 bridgehead atoms. The molecule has 0 fully saturated rings. The number of benzene rings is 1. The molecule has 0 saturated heterocycles. The zero-order valence-electron chi connectivity index (χ0n) is 13.9. The summed E-state index contributed by atoms with van der Waals surface area (Å²) in [6.45, 7) is 8.29. The first-order valence-electron chi connectivity index (χ1n) is 7.80. The van der Waals surface area contributed by atoms with Crippen LogP contribution in [0.1, 0.15) is 38.8 Å². The molecule has 0 N–H and O–H groups in total. The Labute approximate surface area is 138 Å². The summed E-state index contributed by atoms with van der Waals surface area (Å²) in [6, 6.07) is 6.14. The number of carbonyl (C=O) groups is 1. The number of hydrogen-bond donors (Lipinski definition) is 0. The SMILES string of the molecule is C/C=C\C(C)OCN(C(=O)CCl)c1c(CC)cccc1CC. The Kier molecular flexibility index (Phi) is 8.21. The molecule has 0 aliphatic carbocycles. The number of rotatable bonds is 8. The molecule has 1 atom stereocenters. The highest BCUT2D eigenvalue weighted by Gasteiger charge is 2.21. The molecule has 1 aromatic carbocycles. The van der Waals surface area contributed by atoms with Crippen molar-refractivity contribution in [3.05, 3.63) is 41.5 Å². The molecule has 22 heavy (non-hydrogen) atoms. The van der Waals surface area contributed by atoms with Gasteiger partial charge >= 0.3 is 0 Å². The Morgan fingerprint density at radius 2 is 1.91 bits per heavy atom. The van der Waals surface area contributed by atoms with Gasteiger partial charge in [-0.25, -0.2) is 0 Å². The standard InChI is InChI=1S/C18H26ClNO2/c1-5-9-14(4)22-13-20(17(21)12-19)18-15(6-2)10-8-11-16(18)7-3/h5,8-11,14H,6-7,12-13H2,1-4H3/b9-5-. The lowest BCUT2D eigenvalue weighted by atomic mass is 10.0. The highest BCUT2D eigenvalue weighted by atomic mass is 35.5. The summed E-state index contributed by atoms with van der Waals surface area (Å²) in [5.41, 5.74) is 3.23. The number of allylic oxidation sites excluding steroid dienone is 1. The van der Waals surface area contributed by atoms with Crippen LogP contribution in [0.4, 0.5) is 5.69 Å². The van der Waals surface area contributed by atoms with Crippen LogP contribution in [0.15, 0.2) is 30.4 Å². The first kappa shape index (κ1) is 18.7. The summed E-state index contributed by atoms with van der Waals surface area (Å²) in [5, 5.41) is 0. The second-order valence-corrected chi connectivity index (χ2v) is 5.38. The third-order valence-corrected chi connectivity index (χ3v) is 3.81. The van der Waals surface area contributed by atoms with Crippen LogP contribution >= 0.6 is 11.6 Å². The van der Waals surface area contributed by atoms with Crippen LogP contribution in [0.3, 0.4) is 0 Å². The number of hydrogen-bond acceptors (Lipinski definition) is 2. The van der Waals surface area contributed by atoms with Crippen LogP contribution in [0.5, 0.6) is 0 Å². The van der Waals surface area contributed by atoms with E-state index < -0.39 is 0 Å². The number of aryl methyl sites for hydroxylation is 2. The van der Waals surface area contributed by atoms with Gasteiger partial charge in [0.2, 0.25) is 5.91 Å². The van der Waals surface area contributed by atoms with Gasteiger partial charge in [0.1, 0.15) is 12.6 Å². The number of carbonyl (C=O) groups excluding carboxylic acids is 1. The quantitative estimate of drug-likeness (QED) is 0.405. The summed E-state index contributed by atoms with van der Waals surface area (Å²) >= 11 is 5.80. The molecular weight excluding hydrogens is 298 g/mol. The molecule has 0 aromatic heterocycles. The Bertz CT molecular complexity index is 492. The van der Waals surface area contributed by atoms with Gasteiger partial charge in [0, 0.05) is 0 Å². The van der Waals surface area contributed by atoms with Crippen molar-refractivity contribution in [2.45, 2.75) is 46.6 Å².